The number of nitrogens with zero attached hydrogens (tertiary/aromatic N) is 1. The molecule has 2 N–H and O–H groups in total. The summed E-state index contributed by atoms with van der Waals surface area (Å²) in [6.07, 6.45) is 0.0511. The second kappa shape index (κ2) is 6.28. The molecule has 0 bridgehead atoms. The molecule has 1 aromatic heterocycles. The number of aliphatic hydroxyl groups excluding tert-OH is 2. The van der Waals surface area contributed by atoms with Crippen LogP contribution in [0.1, 0.15) is 34.2 Å². The lowest BCUT2D eigenvalue weighted by Gasteiger charge is -2.06. The lowest BCUT2D eigenvalue weighted by Crippen LogP contribution is -2.39. The van der Waals surface area contributed by atoms with Crippen molar-refractivity contribution in [2.75, 3.05) is 6.61 Å². The fraction of sp³-hybridized carbons (Fsp3) is 0.400. The second-order valence-corrected chi connectivity index (χ2v) is 5.60. The highest BCUT2D eigenvalue weighted by Gasteiger charge is 2.28. The molecule has 0 saturated carbocycles. The summed E-state index contributed by atoms with van der Waals surface area (Å²) < 4.78 is 2.13. The van der Waals surface area contributed by atoms with Crippen LogP contribution in [0.15, 0.2) is 30.3 Å². The van der Waals surface area contributed by atoms with E-state index in [2.05, 4.69) is 11.5 Å². The molecule has 0 spiro atoms. The molecular formula is C15H20NO2S+. The summed E-state index contributed by atoms with van der Waals surface area (Å²) in [6, 6.07) is 9.69. The Bertz CT molecular complexity index is 537. The van der Waals surface area contributed by atoms with Crippen molar-refractivity contribution in [1.29, 1.82) is 0 Å². The fourth-order valence-corrected chi connectivity index (χ4v) is 3.61. The average molecular weight is 278 g/mol. The predicted molar refractivity (Wildman–Crippen MR) is 76.2 cm³/mol. The molecule has 19 heavy (non-hydrogen) atoms. The van der Waals surface area contributed by atoms with E-state index in [0.717, 1.165) is 27.7 Å². The number of aliphatic hydroxyl groups is 2. The molecule has 0 amide bonds. The van der Waals surface area contributed by atoms with Crippen LogP contribution in [0.4, 0.5) is 0 Å². The Balaban J connectivity index is 2.41. The van der Waals surface area contributed by atoms with Gasteiger partial charge in [0.2, 0.25) is 0 Å². The van der Waals surface area contributed by atoms with Gasteiger partial charge in [-0.25, -0.2) is 0 Å². The van der Waals surface area contributed by atoms with Crippen molar-refractivity contribution in [3.63, 3.8) is 0 Å². The molecule has 2 rings (SSSR count). The van der Waals surface area contributed by atoms with Crippen molar-refractivity contribution in [3.05, 3.63) is 51.5 Å². The summed E-state index contributed by atoms with van der Waals surface area (Å²) in [5.41, 5.74) is 2.05. The SMILES string of the molecule is CC[n+]1c(C(O)c2ccccc2)sc(CCO)c1C. The number of benzene rings is 1. The highest BCUT2D eigenvalue weighted by molar-refractivity contribution is 7.11. The first-order chi connectivity index (χ1) is 9.19. The Kier molecular flexibility index (Phi) is 4.69. The molecule has 4 heteroatoms. The first kappa shape index (κ1) is 14.2. The van der Waals surface area contributed by atoms with Crippen LogP contribution < -0.4 is 4.57 Å². The van der Waals surface area contributed by atoms with Gasteiger partial charge in [0, 0.05) is 20.0 Å². The molecule has 0 aliphatic rings. The van der Waals surface area contributed by atoms with E-state index >= 15 is 0 Å². The van der Waals surface area contributed by atoms with Crippen molar-refractivity contribution in [1.82, 2.24) is 0 Å². The summed E-state index contributed by atoms with van der Waals surface area (Å²) in [7, 11) is 0. The zero-order valence-corrected chi connectivity index (χ0v) is 12.2. The maximum absolute atomic E-state index is 10.5. The largest absolute Gasteiger partial charge is 0.396 e. The normalized spacial score (nSPS) is 12.6. The number of aromatic nitrogens is 1. The van der Waals surface area contributed by atoms with E-state index in [9.17, 15) is 5.11 Å². The van der Waals surface area contributed by atoms with Gasteiger partial charge in [-0.05, 0) is 12.5 Å². The van der Waals surface area contributed by atoms with E-state index in [1.54, 1.807) is 11.3 Å². The van der Waals surface area contributed by atoms with Gasteiger partial charge in [-0.15, -0.1) is 0 Å². The van der Waals surface area contributed by atoms with Crippen LogP contribution in [0.25, 0.3) is 0 Å². The van der Waals surface area contributed by atoms with Gasteiger partial charge < -0.3 is 10.2 Å². The number of hydrogen-bond donors (Lipinski definition) is 2. The minimum absolute atomic E-state index is 0.145. The van der Waals surface area contributed by atoms with E-state index in [1.807, 2.05) is 37.3 Å². The summed E-state index contributed by atoms with van der Waals surface area (Å²) in [5, 5.41) is 20.6. The lowest BCUT2D eigenvalue weighted by molar-refractivity contribution is -0.704. The van der Waals surface area contributed by atoms with Crippen molar-refractivity contribution >= 4 is 11.3 Å². The van der Waals surface area contributed by atoms with Crippen LogP contribution in [-0.2, 0) is 13.0 Å². The molecular weight excluding hydrogens is 258 g/mol. The molecule has 2 aromatic rings. The van der Waals surface area contributed by atoms with E-state index in [0.29, 0.717) is 6.42 Å². The summed E-state index contributed by atoms with van der Waals surface area (Å²) in [4.78, 5) is 1.15. The lowest BCUT2D eigenvalue weighted by atomic mass is 10.1. The van der Waals surface area contributed by atoms with Gasteiger partial charge >= 0.3 is 0 Å². The summed E-state index contributed by atoms with van der Waals surface area (Å²) >= 11 is 1.59. The highest BCUT2D eigenvalue weighted by Crippen LogP contribution is 2.27. The number of hydrogen-bond acceptors (Lipinski definition) is 3. The second-order valence-electron chi connectivity index (χ2n) is 4.48. The molecule has 1 unspecified atom stereocenters. The van der Waals surface area contributed by atoms with Crippen LogP contribution in [0.2, 0.25) is 0 Å². The predicted octanol–water partition coefficient (Wildman–Crippen LogP) is 1.98. The van der Waals surface area contributed by atoms with Crippen LogP contribution in [0, 0.1) is 6.92 Å². The maximum Gasteiger partial charge on any atom is 0.271 e. The van der Waals surface area contributed by atoms with Gasteiger partial charge in [0.25, 0.3) is 5.01 Å². The molecule has 0 fully saturated rings. The van der Waals surface area contributed by atoms with Crippen LogP contribution in [0.3, 0.4) is 0 Å². The number of rotatable bonds is 5. The van der Waals surface area contributed by atoms with Crippen LogP contribution in [0.5, 0.6) is 0 Å². The molecule has 1 aromatic carbocycles. The topological polar surface area (TPSA) is 44.3 Å². The maximum atomic E-state index is 10.5. The molecule has 0 saturated heterocycles. The smallest absolute Gasteiger partial charge is 0.271 e. The summed E-state index contributed by atoms with van der Waals surface area (Å²) in [6.45, 7) is 5.09. The van der Waals surface area contributed by atoms with Crippen LogP contribution >= 0.6 is 11.3 Å². The van der Waals surface area contributed by atoms with Crippen molar-refractivity contribution in [3.8, 4) is 0 Å². The van der Waals surface area contributed by atoms with E-state index < -0.39 is 6.10 Å². The third-order valence-electron chi connectivity index (χ3n) is 3.31. The van der Waals surface area contributed by atoms with Gasteiger partial charge in [-0.3, -0.25) is 0 Å². The van der Waals surface area contributed by atoms with Crippen molar-refractivity contribution in [2.45, 2.75) is 32.9 Å². The van der Waals surface area contributed by atoms with Gasteiger partial charge in [0.15, 0.2) is 11.8 Å². The third-order valence-corrected chi connectivity index (χ3v) is 4.71. The fourth-order valence-electron chi connectivity index (χ4n) is 2.28. The molecule has 0 radical (unpaired) electrons. The molecule has 3 nitrogen and oxygen atoms in total. The molecule has 102 valence electrons. The van der Waals surface area contributed by atoms with E-state index in [1.165, 1.54) is 0 Å². The van der Waals surface area contributed by atoms with Crippen LogP contribution in [-0.4, -0.2) is 16.8 Å². The molecule has 0 aliphatic heterocycles. The Morgan fingerprint density at radius 3 is 2.53 bits per heavy atom. The zero-order chi connectivity index (χ0) is 13.8. The Hall–Kier alpha value is -1.23. The van der Waals surface area contributed by atoms with Gasteiger partial charge in [0.1, 0.15) is 6.54 Å². The third kappa shape index (κ3) is 2.86. The zero-order valence-electron chi connectivity index (χ0n) is 11.3. The average Bonchev–Trinajstić information content (AvgIpc) is 2.76. The Labute approximate surface area is 117 Å². The Morgan fingerprint density at radius 2 is 1.95 bits per heavy atom. The minimum atomic E-state index is -0.600. The Morgan fingerprint density at radius 1 is 1.26 bits per heavy atom. The highest BCUT2D eigenvalue weighted by atomic mass is 32.1. The molecule has 0 aliphatic carbocycles. The van der Waals surface area contributed by atoms with Gasteiger partial charge in [0.05, 0.1) is 4.88 Å². The quantitative estimate of drug-likeness (QED) is 0.821. The first-order valence-electron chi connectivity index (χ1n) is 6.54. The number of thiazole rings is 1. The van der Waals surface area contributed by atoms with Crippen molar-refractivity contribution in [2.24, 2.45) is 0 Å². The molecule has 1 atom stereocenters. The van der Waals surface area contributed by atoms with E-state index in [4.69, 9.17) is 5.11 Å². The summed E-state index contributed by atoms with van der Waals surface area (Å²) in [5.74, 6) is 0. The standard InChI is InChI=1S/C15H20NO2S/c1-3-16-11(2)13(9-10-17)19-15(16)14(18)12-7-5-4-6-8-12/h4-8,14,17-18H,3,9-10H2,1-2H3/q+1. The first-order valence-corrected chi connectivity index (χ1v) is 7.36. The minimum Gasteiger partial charge on any atom is -0.396 e. The van der Waals surface area contributed by atoms with Crippen molar-refractivity contribution < 1.29 is 14.8 Å². The van der Waals surface area contributed by atoms with Gasteiger partial charge in [-0.1, -0.05) is 41.7 Å². The molecule has 1 heterocycles. The van der Waals surface area contributed by atoms with E-state index in [-0.39, 0.29) is 6.61 Å². The van der Waals surface area contributed by atoms with Gasteiger partial charge in [-0.2, -0.15) is 4.57 Å². The monoisotopic (exact) mass is 278 g/mol.